The molecule has 0 aromatic carbocycles. The van der Waals surface area contributed by atoms with Crippen LogP contribution in [0.25, 0.3) is 0 Å². The third kappa shape index (κ3) is 2.76. The molecule has 7 heteroatoms. The third-order valence-corrected chi connectivity index (χ3v) is 5.29. The van der Waals surface area contributed by atoms with E-state index in [0.717, 1.165) is 5.56 Å². The van der Waals surface area contributed by atoms with Gasteiger partial charge in [-0.15, -0.1) is 0 Å². The average molecular weight is 284 g/mol. The molecule has 1 N–H and O–H groups in total. The molecule has 1 fully saturated rings. The maximum Gasteiger partial charge on any atom is 0.308 e. The van der Waals surface area contributed by atoms with Crippen LogP contribution >= 0.6 is 0 Å². The van der Waals surface area contributed by atoms with Crippen molar-refractivity contribution in [2.45, 2.75) is 12.8 Å². The highest BCUT2D eigenvalue weighted by molar-refractivity contribution is 7.89. The second kappa shape index (κ2) is 5.26. The molecule has 1 saturated heterocycles. The van der Waals surface area contributed by atoms with Crippen molar-refractivity contribution < 1.29 is 18.3 Å². The molecule has 0 aliphatic carbocycles. The van der Waals surface area contributed by atoms with Crippen LogP contribution in [0.15, 0.2) is 24.5 Å². The topological polar surface area (TPSA) is 87.6 Å². The lowest BCUT2D eigenvalue weighted by molar-refractivity contribution is -0.141. The number of rotatable bonds is 4. The minimum absolute atomic E-state index is 0.0148. The molecule has 2 heterocycles. The number of aromatic nitrogens is 1. The molecule has 1 aromatic heterocycles. The second-order valence-electron chi connectivity index (χ2n) is 4.56. The van der Waals surface area contributed by atoms with Crippen LogP contribution in [0, 0.1) is 5.92 Å². The fourth-order valence-electron chi connectivity index (χ4n) is 2.36. The third-order valence-electron chi connectivity index (χ3n) is 3.47. The van der Waals surface area contributed by atoms with Crippen molar-refractivity contribution in [1.29, 1.82) is 0 Å². The van der Waals surface area contributed by atoms with E-state index in [1.807, 2.05) is 0 Å². The number of hydrogen-bond donors (Lipinski definition) is 1. The van der Waals surface area contributed by atoms with Gasteiger partial charge in [0.05, 0.1) is 11.7 Å². The van der Waals surface area contributed by atoms with E-state index in [-0.39, 0.29) is 24.8 Å². The predicted molar refractivity (Wildman–Crippen MR) is 69.1 cm³/mol. The largest absolute Gasteiger partial charge is 0.481 e. The van der Waals surface area contributed by atoms with Gasteiger partial charge in [0, 0.05) is 31.4 Å². The number of carbonyl (C=O) groups is 1. The summed E-state index contributed by atoms with van der Waals surface area (Å²) in [7, 11) is -3.36. The summed E-state index contributed by atoms with van der Waals surface area (Å²) in [4.78, 5) is 15.3. The van der Waals surface area contributed by atoms with Crippen molar-refractivity contribution >= 4 is 16.0 Å². The Bertz CT molecular complexity index is 558. The van der Waals surface area contributed by atoms with Gasteiger partial charge >= 0.3 is 5.97 Å². The van der Waals surface area contributed by atoms with Crippen LogP contribution in [0.4, 0.5) is 0 Å². The summed E-state index contributed by atoms with van der Waals surface area (Å²) in [6.45, 7) is 1.80. The zero-order valence-corrected chi connectivity index (χ0v) is 11.4. The Labute approximate surface area is 112 Å². The van der Waals surface area contributed by atoms with Crippen LogP contribution in [0.2, 0.25) is 0 Å². The maximum atomic E-state index is 11.9. The number of aliphatic carboxylic acids is 1. The van der Waals surface area contributed by atoms with Crippen molar-refractivity contribution in [3.05, 3.63) is 30.1 Å². The van der Waals surface area contributed by atoms with Gasteiger partial charge in [-0.05, 0) is 18.6 Å². The van der Waals surface area contributed by atoms with E-state index in [2.05, 4.69) is 4.98 Å². The molecule has 0 amide bonds. The van der Waals surface area contributed by atoms with E-state index in [4.69, 9.17) is 0 Å². The SMILES string of the molecule is CCS(=O)(=O)N1C[C@H](C(=O)O)[C@@H](c2cccnc2)C1. The monoisotopic (exact) mass is 284 g/mol. The van der Waals surface area contributed by atoms with Crippen molar-refractivity contribution in [2.24, 2.45) is 5.92 Å². The van der Waals surface area contributed by atoms with Crippen LogP contribution < -0.4 is 0 Å². The van der Waals surface area contributed by atoms with E-state index in [0.29, 0.717) is 0 Å². The van der Waals surface area contributed by atoms with Gasteiger partial charge in [-0.2, -0.15) is 0 Å². The molecule has 1 aromatic rings. The number of hydrogen-bond acceptors (Lipinski definition) is 4. The molecule has 19 heavy (non-hydrogen) atoms. The van der Waals surface area contributed by atoms with Gasteiger partial charge in [-0.3, -0.25) is 9.78 Å². The molecule has 2 atom stereocenters. The lowest BCUT2D eigenvalue weighted by atomic mass is 9.90. The van der Waals surface area contributed by atoms with Crippen LogP contribution in [0.5, 0.6) is 0 Å². The van der Waals surface area contributed by atoms with Gasteiger partial charge < -0.3 is 5.11 Å². The molecule has 104 valence electrons. The highest BCUT2D eigenvalue weighted by Crippen LogP contribution is 2.33. The number of carboxylic acid groups (broad SMARTS) is 1. The van der Waals surface area contributed by atoms with E-state index >= 15 is 0 Å². The number of nitrogens with zero attached hydrogens (tertiary/aromatic N) is 2. The lowest BCUT2D eigenvalue weighted by Crippen LogP contribution is -2.31. The van der Waals surface area contributed by atoms with Gasteiger partial charge in [0.25, 0.3) is 0 Å². The van der Waals surface area contributed by atoms with E-state index in [9.17, 15) is 18.3 Å². The first-order valence-electron chi connectivity index (χ1n) is 6.06. The summed E-state index contributed by atoms with van der Waals surface area (Å²) >= 11 is 0. The Kier molecular flexibility index (Phi) is 3.86. The Morgan fingerprint density at radius 2 is 2.26 bits per heavy atom. The van der Waals surface area contributed by atoms with Gasteiger partial charge in [0.1, 0.15) is 0 Å². The normalized spacial score (nSPS) is 24.5. The molecule has 0 unspecified atom stereocenters. The first-order chi connectivity index (χ1) is 8.95. The van der Waals surface area contributed by atoms with E-state index in [1.54, 1.807) is 31.5 Å². The van der Waals surface area contributed by atoms with Gasteiger partial charge in [0.2, 0.25) is 10.0 Å². The Morgan fingerprint density at radius 3 is 2.79 bits per heavy atom. The predicted octanol–water partition coefficient (Wildman–Crippen LogP) is 0.531. The van der Waals surface area contributed by atoms with Crippen molar-refractivity contribution in [2.75, 3.05) is 18.8 Å². The van der Waals surface area contributed by atoms with Crippen molar-refractivity contribution in [3.8, 4) is 0 Å². The Morgan fingerprint density at radius 1 is 1.53 bits per heavy atom. The zero-order chi connectivity index (χ0) is 14.0. The quantitative estimate of drug-likeness (QED) is 0.871. The molecule has 1 aliphatic heterocycles. The number of carboxylic acids is 1. The van der Waals surface area contributed by atoms with Crippen LogP contribution in [-0.2, 0) is 14.8 Å². The fraction of sp³-hybridized carbons (Fsp3) is 0.500. The summed E-state index contributed by atoms with van der Waals surface area (Å²) in [5.74, 6) is -2.04. The smallest absolute Gasteiger partial charge is 0.308 e. The number of sulfonamides is 1. The zero-order valence-electron chi connectivity index (χ0n) is 10.6. The first kappa shape index (κ1) is 14.0. The summed E-state index contributed by atoms with van der Waals surface area (Å²) in [5.41, 5.74) is 0.767. The summed E-state index contributed by atoms with van der Waals surface area (Å²) < 4.78 is 25.0. The second-order valence-corrected chi connectivity index (χ2v) is 6.81. The maximum absolute atomic E-state index is 11.9. The fourth-order valence-corrected chi connectivity index (χ4v) is 3.50. The lowest BCUT2D eigenvalue weighted by Gasteiger charge is -2.15. The summed E-state index contributed by atoms with van der Waals surface area (Å²) in [6, 6.07) is 3.51. The molecule has 0 bridgehead atoms. The highest BCUT2D eigenvalue weighted by atomic mass is 32.2. The highest BCUT2D eigenvalue weighted by Gasteiger charge is 2.42. The summed E-state index contributed by atoms with van der Waals surface area (Å²) in [6.07, 6.45) is 3.21. The standard InChI is InChI=1S/C12H16N2O4S/c1-2-19(17,18)14-7-10(11(8-14)12(15)16)9-4-3-5-13-6-9/h3-6,10-11H,2,7-8H2,1H3,(H,15,16)/t10-,11+/m1/s1. The first-order valence-corrected chi connectivity index (χ1v) is 7.67. The molecule has 2 rings (SSSR count). The van der Waals surface area contributed by atoms with Crippen molar-refractivity contribution in [1.82, 2.24) is 9.29 Å². The summed E-state index contributed by atoms with van der Waals surface area (Å²) in [5, 5.41) is 9.26. The van der Waals surface area contributed by atoms with E-state index in [1.165, 1.54) is 4.31 Å². The molecule has 0 spiro atoms. The molecule has 0 saturated carbocycles. The Balaban J connectivity index is 2.31. The van der Waals surface area contributed by atoms with Crippen LogP contribution in [0.3, 0.4) is 0 Å². The molecular weight excluding hydrogens is 268 g/mol. The van der Waals surface area contributed by atoms with Crippen LogP contribution in [-0.4, -0.2) is 47.6 Å². The average Bonchev–Trinajstić information content (AvgIpc) is 2.85. The molecule has 0 radical (unpaired) electrons. The van der Waals surface area contributed by atoms with Gasteiger partial charge in [-0.1, -0.05) is 6.07 Å². The van der Waals surface area contributed by atoms with Gasteiger partial charge in [-0.25, -0.2) is 12.7 Å². The Hall–Kier alpha value is -1.47. The molecular formula is C12H16N2O4S. The van der Waals surface area contributed by atoms with Gasteiger partial charge in [0.15, 0.2) is 0 Å². The van der Waals surface area contributed by atoms with Crippen LogP contribution in [0.1, 0.15) is 18.4 Å². The molecule has 1 aliphatic rings. The number of pyridine rings is 1. The van der Waals surface area contributed by atoms with Crippen molar-refractivity contribution in [3.63, 3.8) is 0 Å². The van der Waals surface area contributed by atoms with E-state index < -0.39 is 21.9 Å². The minimum Gasteiger partial charge on any atom is -0.481 e. The molecule has 6 nitrogen and oxygen atoms in total. The minimum atomic E-state index is -3.36.